The van der Waals surface area contributed by atoms with Crippen molar-refractivity contribution >= 4 is 5.97 Å². The summed E-state index contributed by atoms with van der Waals surface area (Å²) in [7, 11) is 1.82. The van der Waals surface area contributed by atoms with Crippen LogP contribution in [0, 0.1) is 5.92 Å². The minimum absolute atomic E-state index is 0.0546. The molecule has 2 unspecified atom stereocenters. The minimum atomic E-state index is -0.741. The van der Waals surface area contributed by atoms with E-state index in [1.54, 1.807) is 10.9 Å². The lowest BCUT2D eigenvalue weighted by Gasteiger charge is -2.02. The molecule has 1 aliphatic rings. The third-order valence-corrected chi connectivity index (χ3v) is 3.54. The molecule has 0 amide bonds. The third kappa shape index (κ3) is 2.23. The van der Waals surface area contributed by atoms with E-state index in [-0.39, 0.29) is 11.8 Å². The van der Waals surface area contributed by atoms with Crippen LogP contribution in [0.5, 0.6) is 0 Å². The van der Waals surface area contributed by atoms with Crippen LogP contribution in [0.3, 0.4) is 0 Å². The number of carbonyl (C=O) groups is 1. The number of nitrogens with zero attached hydrogens (tertiary/aromatic N) is 4. The first kappa shape index (κ1) is 11.9. The number of carboxylic acids is 1. The molecule has 3 rings (SSSR count). The van der Waals surface area contributed by atoms with Crippen LogP contribution in [0.25, 0.3) is 11.4 Å². The van der Waals surface area contributed by atoms with Gasteiger partial charge in [-0.15, -0.1) is 0 Å². The maximum atomic E-state index is 10.9. The van der Waals surface area contributed by atoms with E-state index >= 15 is 0 Å². The molecule has 19 heavy (non-hydrogen) atoms. The van der Waals surface area contributed by atoms with Gasteiger partial charge in [0.1, 0.15) is 0 Å². The van der Waals surface area contributed by atoms with Crippen LogP contribution in [0.1, 0.15) is 31.1 Å². The van der Waals surface area contributed by atoms with E-state index in [9.17, 15) is 4.79 Å². The zero-order valence-corrected chi connectivity index (χ0v) is 10.5. The molecule has 0 bridgehead atoms. The summed E-state index contributed by atoms with van der Waals surface area (Å²) in [6.45, 7) is 0. The fourth-order valence-corrected chi connectivity index (χ4v) is 2.49. The quantitative estimate of drug-likeness (QED) is 0.899. The first-order valence-corrected chi connectivity index (χ1v) is 6.19. The predicted molar refractivity (Wildman–Crippen MR) is 64.2 cm³/mol. The fraction of sp³-hybridized carbons (Fsp3) is 0.500. The Kier molecular flexibility index (Phi) is 2.81. The maximum absolute atomic E-state index is 10.9. The lowest BCUT2D eigenvalue weighted by atomic mass is 10.1. The molecule has 0 saturated heterocycles. The number of aryl methyl sites for hydroxylation is 1. The summed E-state index contributed by atoms with van der Waals surface area (Å²) in [5.41, 5.74) is 0.797. The average Bonchev–Trinajstić information content (AvgIpc) is 3.07. The van der Waals surface area contributed by atoms with Gasteiger partial charge in [-0.3, -0.25) is 9.48 Å². The topological polar surface area (TPSA) is 94.0 Å². The summed E-state index contributed by atoms with van der Waals surface area (Å²) >= 11 is 0. The van der Waals surface area contributed by atoms with Crippen molar-refractivity contribution in [3.63, 3.8) is 0 Å². The number of carboxylic acid groups (broad SMARTS) is 1. The van der Waals surface area contributed by atoms with E-state index in [0.29, 0.717) is 24.6 Å². The van der Waals surface area contributed by atoms with Crippen molar-refractivity contribution in [3.05, 3.63) is 18.3 Å². The van der Waals surface area contributed by atoms with Gasteiger partial charge < -0.3 is 9.63 Å². The largest absolute Gasteiger partial charge is 0.481 e. The highest BCUT2D eigenvalue weighted by molar-refractivity contribution is 5.70. The monoisotopic (exact) mass is 262 g/mol. The molecule has 1 aliphatic carbocycles. The number of aromatic nitrogens is 4. The van der Waals surface area contributed by atoms with Crippen molar-refractivity contribution in [3.8, 4) is 11.4 Å². The molecule has 1 saturated carbocycles. The van der Waals surface area contributed by atoms with Gasteiger partial charge in [-0.05, 0) is 19.3 Å². The van der Waals surface area contributed by atoms with Crippen molar-refractivity contribution in [2.45, 2.75) is 25.2 Å². The highest BCUT2D eigenvalue weighted by atomic mass is 16.5. The fourth-order valence-electron chi connectivity index (χ4n) is 2.49. The van der Waals surface area contributed by atoms with E-state index in [1.165, 1.54) is 0 Å². The standard InChI is InChI=1S/C12H14N4O3/c1-16-6-9(5-13-16)10-14-11(19-15-10)7-2-3-8(4-7)12(17)18/h5-8H,2-4H2,1H3,(H,17,18). The summed E-state index contributed by atoms with van der Waals surface area (Å²) in [6.07, 6.45) is 5.51. The molecule has 0 aliphatic heterocycles. The summed E-state index contributed by atoms with van der Waals surface area (Å²) in [5.74, 6) is 0.0525. The van der Waals surface area contributed by atoms with Crippen LogP contribution >= 0.6 is 0 Å². The molecule has 2 atom stereocenters. The molecule has 2 aromatic heterocycles. The molecule has 2 aromatic rings. The van der Waals surface area contributed by atoms with Crippen molar-refractivity contribution in [2.24, 2.45) is 13.0 Å². The third-order valence-electron chi connectivity index (χ3n) is 3.54. The summed E-state index contributed by atoms with van der Waals surface area (Å²) in [4.78, 5) is 15.3. The van der Waals surface area contributed by atoms with Gasteiger partial charge in [-0.1, -0.05) is 5.16 Å². The van der Waals surface area contributed by atoms with Gasteiger partial charge in [0, 0.05) is 19.2 Å². The van der Waals surface area contributed by atoms with Gasteiger partial charge in [0.15, 0.2) is 0 Å². The highest BCUT2D eigenvalue weighted by Crippen LogP contribution is 2.38. The van der Waals surface area contributed by atoms with Gasteiger partial charge in [0.2, 0.25) is 11.7 Å². The molecule has 2 heterocycles. The Bertz CT molecular complexity index is 604. The summed E-state index contributed by atoms with van der Waals surface area (Å²) < 4.78 is 6.92. The van der Waals surface area contributed by atoms with Gasteiger partial charge in [0.05, 0.1) is 17.7 Å². The van der Waals surface area contributed by atoms with Crippen LogP contribution in [-0.2, 0) is 11.8 Å². The Balaban J connectivity index is 1.77. The first-order valence-electron chi connectivity index (χ1n) is 6.19. The Labute approximate surface area is 109 Å². The normalized spacial score (nSPS) is 22.8. The van der Waals surface area contributed by atoms with E-state index in [1.807, 2.05) is 13.2 Å². The summed E-state index contributed by atoms with van der Waals surface area (Å²) in [5, 5.41) is 17.0. The number of rotatable bonds is 3. The van der Waals surface area contributed by atoms with E-state index in [4.69, 9.17) is 9.63 Å². The second-order valence-electron chi connectivity index (χ2n) is 4.90. The molecule has 7 heteroatoms. The minimum Gasteiger partial charge on any atom is -0.481 e. The van der Waals surface area contributed by atoms with Gasteiger partial charge in [0.25, 0.3) is 0 Å². The molecule has 0 radical (unpaired) electrons. The number of hydrogen-bond donors (Lipinski definition) is 1. The predicted octanol–water partition coefficient (Wildman–Crippen LogP) is 1.44. The summed E-state index contributed by atoms with van der Waals surface area (Å²) in [6, 6.07) is 0. The Morgan fingerprint density at radius 3 is 3.00 bits per heavy atom. The van der Waals surface area contributed by atoms with Crippen LogP contribution in [-0.4, -0.2) is 31.0 Å². The lowest BCUT2D eigenvalue weighted by molar-refractivity contribution is -0.141. The van der Waals surface area contributed by atoms with Gasteiger partial charge in [-0.2, -0.15) is 10.1 Å². The number of hydrogen-bond acceptors (Lipinski definition) is 5. The molecule has 7 nitrogen and oxygen atoms in total. The molecular formula is C12H14N4O3. The Morgan fingerprint density at radius 2 is 2.37 bits per heavy atom. The smallest absolute Gasteiger partial charge is 0.306 e. The van der Waals surface area contributed by atoms with Crippen molar-refractivity contribution in [2.75, 3.05) is 0 Å². The average molecular weight is 262 g/mol. The molecule has 1 N–H and O–H groups in total. The van der Waals surface area contributed by atoms with Crippen molar-refractivity contribution < 1.29 is 14.4 Å². The molecule has 1 fully saturated rings. The van der Waals surface area contributed by atoms with Gasteiger partial charge in [-0.25, -0.2) is 0 Å². The maximum Gasteiger partial charge on any atom is 0.306 e. The zero-order chi connectivity index (χ0) is 13.4. The molecule has 0 aromatic carbocycles. The van der Waals surface area contributed by atoms with Crippen molar-refractivity contribution in [1.82, 2.24) is 19.9 Å². The van der Waals surface area contributed by atoms with Crippen molar-refractivity contribution in [1.29, 1.82) is 0 Å². The van der Waals surface area contributed by atoms with Crippen LogP contribution < -0.4 is 0 Å². The molecular weight excluding hydrogens is 248 g/mol. The zero-order valence-electron chi connectivity index (χ0n) is 10.5. The van der Waals surface area contributed by atoms with Gasteiger partial charge >= 0.3 is 5.97 Å². The van der Waals surface area contributed by atoms with Crippen LogP contribution in [0.2, 0.25) is 0 Å². The van der Waals surface area contributed by atoms with Crippen LogP contribution in [0.4, 0.5) is 0 Å². The highest BCUT2D eigenvalue weighted by Gasteiger charge is 2.33. The first-order chi connectivity index (χ1) is 9.13. The van der Waals surface area contributed by atoms with E-state index in [2.05, 4.69) is 15.2 Å². The molecule has 100 valence electrons. The number of aliphatic carboxylic acids is 1. The molecule has 0 spiro atoms. The Hall–Kier alpha value is -2.18. The van der Waals surface area contributed by atoms with E-state index < -0.39 is 5.97 Å². The second-order valence-corrected chi connectivity index (χ2v) is 4.90. The Morgan fingerprint density at radius 1 is 1.53 bits per heavy atom. The second kappa shape index (κ2) is 4.49. The van der Waals surface area contributed by atoms with Crippen LogP contribution in [0.15, 0.2) is 16.9 Å². The van der Waals surface area contributed by atoms with E-state index in [0.717, 1.165) is 12.0 Å². The lowest BCUT2D eigenvalue weighted by Crippen LogP contribution is -2.09. The SMILES string of the molecule is Cn1cc(-c2noc(C3CCC(C(=O)O)C3)n2)cn1.